The minimum absolute atomic E-state index is 0.0564. The van der Waals surface area contributed by atoms with Crippen LogP contribution in [0.15, 0.2) is 29.3 Å². The van der Waals surface area contributed by atoms with Crippen LogP contribution < -0.4 is 4.72 Å². The van der Waals surface area contributed by atoms with Crippen molar-refractivity contribution in [1.82, 2.24) is 10.2 Å². The summed E-state index contributed by atoms with van der Waals surface area (Å²) in [6.45, 7) is 1.60. The molecule has 2 aromatic rings. The van der Waals surface area contributed by atoms with E-state index < -0.39 is 10.0 Å². The van der Waals surface area contributed by atoms with Crippen LogP contribution >= 0.6 is 11.6 Å². The first-order chi connectivity index (χ1) is 8.94. The summed E-state index contributed by atoms with van der Waals surface area (Å²) in [5, 5.41) is 15.3. The molecule has 19 heavy (non-hydrogen) atoms. The van der Waals surface area contributed by atoms with Crippen molar-refractivity contribution in [3.8, 4) is 6.07 Å². The third-order valence-electron chi connectivity index (χ3n) is 2.41. The highest BCUT2D eigenvalue weighted by Crippen LogP contribution is 2.22. The molecule has 0 amide bonds. The van der Waals surface area contributed by atoms with Gasteiger partial charge in [0.05, 0.1) is 28.2 Å². The molecule has 0 spiro atoms. The largest absolute Gasteiger partial charge is 0.281 e. The number of nitrogens with one attached hydrogen (secondary N) is 2. The van der Waals surface area contributed by atoms with Crippen molar-refractivity contribution in [2.45, 2.75) is 11.8 Å². The van der Waals surface area contributed by atoms with Gasteiger partial charge >= 0.3 is 0 Å². The summed E-state index contributed by atoms with van der Waals surface area (Å²) in [7, 11) is -3.73. The Morgan fingerprint density at radius 3 is 2.79 bits per heavy atom. The van der Waals surface area contributed by atoms with E-state index in [1.807, 2.05) is 6.07 Å². The number of nitriles is 1. The van der Waals surface area contributed by atoms with Crippen LogP contribution in [-0.4, -0.2) is 18.6 Å². The molecular formula is C11H9ClN4O2S. The number of nitrogens with zero attached hydrogens (tertiary/aromatic N) is 2. The van der Waals surface area contributed by atoms with E-state index in [1.54, 1.807) is 6.92 Å². The lowest BCUT2D eigenvalue weighted by molar-refractivity contribution is 0.600. The van der Waals surface area contributed by atoms with Crippen molar-refractivity contribution in [3.05, 3.63) is 40.7 Å². The summed E-state index contributed by atoms with van der Waals surface area (Å²) < 4.78 is 26.5. The Labute approximate surface area is 115 Å². The van der Waals surface area contributed by atoms with Crippen molar-refractivity contribution >= 4 is 27.3 Å². The van der Waals surface area contributed by atoms with Crippen molar-refractivity contribution in [2.24, 2.45) is 0 Å². The normalized spacial score (nSPS) is 11.0. The number of hydrogen-bond donors (Lipinski definition) is 2. The van der Waals surface area contributed by atoms with Crippen LogP contribution in [0.5, 0.6) is 0 Å². The van der Waals surface area contributed by atoms with Crippen LogP contribution in [0.2, 0.25) is 5.02 Å². The molecule has 2 rings (SSSR count). The van der Waals surface area contributed by atoms with Gasteiger partial charge in [0, 0.05) is 0 Å². The molecule has 1 aromatic heterocycles. The number of halogens is 1. The summed E-state index contributed by atoms with van der Waals surface area (Å²) >= 11 is 5.78. The molecule has 0 aliphatic rings. The predicted molar refractivity (Wildman–Crippen MR) is 70.3 cm³/mol. The number of aryl methyl sites for hydroxylation is 1. The van der Waals surface area contributed by atoms with Crippen molar-refractivity contribution in [1.29, 1.82) is 5.26 Å². The van der Waals surface area contributed by atoms with Gasteiger partial charge in [-0.25, -0.2) is 8.42 Å². The van der Waals surface area contributed by atoms with Crippen LogP contribution in [-0.2, 0) is 10.0 Å². The molecular weight excluding hydrogens is 288 g/mol. The summed E-state index contributed by atoms with van der Waals surface area (Å²) in [5.74, 6) is 0. The quantitative estimate of drug-likeness (QED) is 0.905. The Bertz CT molecular complexity index is 761. The van der Waals surface area contributed by atoms with Gasteiger partial charge in [0.25, 0.3) is 10.0 Å². The molecule has 0 saturated carbocycles. The van der Waals surface area contributed by atoms with Crippen molar-refractivity contribution in [3.63, 3.8) is 0 Å². The average Bonchev–Trinajstić information content (AvgIpc) is 2.78. The number of sulfonamides is 1. The maximum absolute atomic E-state index is 12.1. The maximum atomic E-state index is 12.1. The van der Waals surface area contributed by atoms with Gasteiger partial charge in [0.2, 0.25) is 0 Å². The second kappa shape index (κ2) is 4.91. The van der Waals surface area contributed by atoms with Gasteiger partial charge < -0.3 is 0 Å². The third kappa shape index (κ3) is 2.70. The summed E-state index contributed by atoms with van der Waals surface area (Å²) in [5.41, 5.74) is 0.898. The molecule has 8 heteroatoms. The standard InChI is InChI=1S/C11H9ClN4O2S/c1-7-11(6-14-15-7)19(17,18)16-9-2-3-10(12)8(4-9)5-13/h2-4,6,16H,1H3,(H,14,15). The number of aromatic amines is 1. The van der Waals surface area contributed by atoms with Crippen LogP contribution in [0.1, 0.15) is 11.3 Å². The number of anilines is 1. The lowest BCUT2D eigenvalue weighted by Crippen LogP contribution is -2.13. The third-order valence-corrected chi connectivity index (χ3v) is 4.24. The molecule has 0 radical (unpaired) electrons. The Hall–Kier alpha value is -2.04. The molecule has 0 bridgehead atoms. The van der Waals surface area contributed by atoms with Crippen molar-refractivity contribution in [2.75, 3.05) is 4.72 Å². The minimum atomic E-state index is -3.73. The Morgan fingerprint density at radius 2 is 2.21 bits per heavy atom. The summed E-state index contributed by atoms with van der Waals surface area (Å²) in [4.78, 5) is 0.0564. The topological polar surface area (TPSA) is 98.6 Å². The van der Waals surface area contributed by atoms with E-state index >= 15 is 0 Å². The van der Waals surface area contributed by atoms with E-state index in [9.17, 15) is 8.42 Å². The highest BCUT2D eigenvalue weighted by atomic mass is 35.5. The zero-order valence-electron chi connectivity index (χ0n) is 9.81. The first-order valence-electron chi connectivity index (χ1n) is 5.16. The van der Waals surface area contributed by atoms with E-state index in [4.69, 9.17) is 16.9 Å². The highest BCUT2D eigenvalue weighted by molar-refractivity contribution is 7.92. The number of H-pyrrole nitrogens is 1. The molecule has 0 aliphatic carbocycles. The first kappa shape index (κ1) is 13.4. The predicted octanol–water partition coefficient (Wildman–Crippen LogP) is 2.04. The zero-order valence-corrected chi connectivity index (χ0v) is 11.4. The van der Waals surface area contributed by atoms with E-state index in [0.29, 0.717) is 5.69 Å². The molecule has 0 unspecified atom stereocenters. The lowest BCUT2D eigenvalue weighted by Gasteiger charge is -2.07. The summed E-state index contributed by atoms with van der Waals surface area (Å²) in [6.07, 6.45) is 1.22. The number of hydrogen-bond acceptors (Lipinski definition) is 4. The second-order valence-electron chi connectivity index (χ2n) is 3.77. The van der Waals surface area contributed by atoms with Gasteiger partial charge in [0.1, 0.15) is 11.0 Å². The van der Waals surface area contributed by atoms with Gasteiger partial charge in [-0.3, -0.25) is 9.82 Å². The molecule has 1 aromatic carbocycles. The fourth-order valence-corrected chi connectivity index (χ4v) is 2.84. The lowest BCUT2D eigenvalue weighted by atomic mass is 10.2. The molecule has 0 fully saturated rings. The van der Waals surface area contributed by atoms with E-state index in [0.717, 1.165) is 0 Å². The van der Waals surface area contributed by atoms with Crippen LogP contribution in [0.3, 0.4) is 0 Å². The molecule has 0 saturated heterocycles. The maximum Gasteiger partial charge on any atom is 0.265 e. The van der Waals surface area contributed by atoms with E-state index in [-0.39, 0.29) is 21.2 Å². The van der Waals surface area contributed by atoms with Gasteiger partial charge in [-0.2, -0.15) is 10.4 Å². The fraction of sp³-hybridized carbons (Fsp3) is 0.0909. The molecule has 0 atom stereocenters. The Morgan fingerprint density at radius 1 is 1.47 bits per heavy atom. The highest BCUT2D eigenvalue weighted by Gasteiger charge is 2.18. The minimum Gasteiger partial charge on any atom is -0.281 e. The average molecular weight is 297 g/mol. The second-order valence-corrected chi connectivity index (χ2v) is 5.83. The Balaban J connectivity index is 2.37. The van der Waals surface area contributed by atoms with Crippen LogP contribution in [0, 0.1) is 18.3 Å². The number of rotatable bonds is 3. The SMILES string of the molecule is Cc1[nH]ncc1S(=O)(=O)Nc1ccc(Cl)c(C#N)c1. The van der Waals surface area contributed by atoms with Gasteiger partial charge in [-0.05, 0) is 25.1 Å². The molecule has 6 nitrogen and oxygen atoms in total. The molecule has 1 heterocycles. The fourth-order valence-electron chi connectivity index (χ4n) is 1.50. The Kier molecular flexibility index (Phi) is 3.46. The van der Waals surface area contributed by atoms with Gasteiger partial charge in [-0.1, -0.05) is 11.6 Å². The number of aromatic nitrogens is 2. The van der Waals surface area contributed by atoms with E-state index in [2.05, 4.69) is 14.9 Å². The zero-order chi connectivity index (χ0) is 14.0. The molecule has 0 aliphatic heterocycles. The first-order valence-corrected chi connectivity index (χ1v) is 7.02. The van der Waals surface area contributed by atoms with Gasteiger partial charge in [-0.15, -0.1) is 0 Å². The molecule has 98 valence electrons. The molecule has 2 N–H and O–H groups in total. The smallest absolute Gasteiger partial charge is 0.265 e. The van der Waals surface area contributed by atoms with Crippen LogP contribution in [0.25, 0.3) is 0 Å². The van der Waals surface area contributed by atoms with Crippen LogP contribution in [0.4, 0.5) is 5.69 Å². The summed E-state index contributed by atoms with van der Waals surface area (Å²) in [6, 6.07) is 6.19. The number of benzene rings is 1. The monoisotopic (exact) mass is 296 g/mol. The van der Waals surface area contributed by atoms with Gasteiger partial charge in [0.15, 0.2) is 0 Å². The van der Waals surface area contributed by atoms with E-state index in [1.165, 1.54) is 24.4 Å². The van der Waals surface area contributed by atoms with Crippen molar-refractivity contribution < 1.29 is 8.42 Å².